The van der Waals surface area contributed by atoms with Gasteiger partial charge in [0.05, 0.1) is 18.9 Å². The molecule has 0 heterocycles. The summed E-state index contributed by atoms with van der Waals surface area (Å²) in [6, 6.07) is -5.43. The van der Waals surface area contributed by atoms with Crippen molar-refractivity contribution in [3.63, 3.8) is 0 Å². The third kappa shape index (κ3) is 9.56. The highest BCUT2D eigenvalue weighted by atomic mass is 32.1. The molecule has 0 aromatic carbocycles. The van der Waals surface area contributed by atoms with E-state index in [0.29, 0.717) is 0 Å². The molecule has 30 heavy (non-hydrogen) atoms. The van der Waals surface area contributed by atoms with Crippen molar-refractivity contribution in [2.75, 3.05) is 5.75 Å². The zero-order chi connectivity index (χ0) is 23.6. The zero-order valence-corrected chi connectivity index (χ0v) is 17.3. The Morgan fingerprint density at radius 1 is 0.867 bits per heavy atom. The molecule has 0 rings (SSSR count). The number of aliphatic carboxylic acids is 2. The number of thiol groups is 1. The smallest absolute Gasteiger partial charge is 0.326 e. The van der Waals surface area contributed by atoms with Gasteiger partial charge in [-0.1, -0.05) is 13.8 Å². The summed E-state index contributed by atoms with van der Waals surface area (Å²) in [4.78, 5) is 69.6. The Hall–Kier alpha value is -2.87. The Balaban J connectivity index is 5.21. The molecule has 0 aliphatic rings. The molecule has 0 saturated carbocycles. The number of primary amides is 1. The molecule has 0 fully saturated rings. The lowest BCUT2D eigenvalue weighted by molar-refractivity contribution is -0.147. The summed E-state index contributed by atoms with van der Waals surface area (Å²) in [6.45, 7) is 3.13. The maximum absolute atomic E-state index is 12.5. The summed E-state index contributed by atoms with van der Waals surface area (Å²) in [5, 5.41) is 24.5. The van der Waals surface area contributed by atoms with E-state index < -0.39 is 78.5 Å². The number of carboxylic acids is 2. The highest BCUT2D eigenvalue weighted by Gasteiger charge is 2.32. The third-order valence-electron chi connectivity index (χ3n) is 3.81. The first-order chi connectivity index (χ1) is 13.8. The Morgan fingerprint density at radius 2 is 1.40 bits per heavy atom. The highest BCUT2D eigenvalue weighted by Crippen LogP contribution is 2.05. The van der Waals surface area contributed by atoms with Gasteiger partial charge in [-0.05, 0) is 5.92 Å². The summed E-state index contributed by atoms with van der Waals surface area (Å²) in [5.74, 6) is -7.05. The van der Waals surface area contributed by atoms with Crippen molar-refractivity contribution in [3.8, 4) is 0 Å². The van der Waals surface area contributed by atoms with Crippen LogP contribution in [0.1, 0.15) is 26.7 Å². The van der Waals surface area contributed by atoms with E-state index in [1.54, 1.807) is 13.8 Å². The van der Waals surface area contributed by atoms with E-state index in [-0.39, 0.29) is 5.75 Å². The number of hydrogen-bond acceptors (Lipinski definition) is 8. The van der Waals surface area contributed by atoms with Crippen LogP contribution in [-0.4, -0.2) is 75.7 Å². The Morgan fingerprint density at radius 3 is 1.80 bits per heavy atom. The molecule has 170 valence electrons. The molecule has 0 aliphatic heterocycles. The van der Waals surface area contributed by atoms with Crippen molar-refractivity contribution in [2.45, 2.75) is 50.9 Å². The fraction of sp³-hybridized carbons (Fsp3) is 0.625. The lowest BCUT2D eigenvalue weighted by Gasteiger charge is -2.26. The lowest BCUT2D eigenvalue weighted by Crippen LogP contribution is -2.59. The molecule has 0 aromatic rings. The first kappa shape index (κ1) is 27.1. The first-order valence-corrected chi connectivity index (χ1v) is 9.43. The normalized spacial score (nSPS) is 14.7. The second kappa shape index (κ2) is 12.6. The summed E-state index contributed by atoms with van der Waals surface area (Å²) < 4.78 is 0. The van der Waals surface area contributed by atoms with Crippen LogP contribution in [0.25, 0.3) is 0 Å². The van der Waals surface area contributed by atoms with Gasteiger partial charge >= 0.3 is 11.9 Å². The third-order valence-corrected chi connectivity index (χ3v) is 4.18. The highest BCUT2D eigenvalue weighted by molar-refractivity contribution is 7.80. The molecule has 0 aromatic heterocycles. The molecule has 4 amide bonds. The molecular weight excluding hydrogens is 422 g/mol. The van der Waals surface area contributed by atoms with Gasteiger partial charge in [0.2, 0.25) is 23.6 Å². The largest absolute Gasteiger partial charge is 0.481 e. The SMILES string of the molecule is CC(C)C(NC(=O)C(CS)NC(=O)C(N)CC(N)=O)C(=O)NC(CC(=O)O)C(=O)O. The lowest BCUT2D eigenvalue weighted by atomic mass is 10.0. The predicted molar refractivity (Wildman–Crippen MR) is 106 cm³/mol. The number of carbonyl (C=O) groups excluding carboxylic acids is 4. The average Bonchev–Trinajstić information content (AvgIpc) is 2.61. The van der Waals surface area contributed by atoms with Crippen molar-refractivity contribution in [1.82, 2.24) is 16.0 Å². The zero-order valence-electron chi connectivity index (χ0n) is 16.5. The van der Waals surface area contributed by atoms with Gasteiger partial charge in [0, 0.05) is 5.75 Å². The molecule has 4 atom stereocenters. The average molecular weight is 449 g/mol. The Labute approximate surface area is 177 Å². The van der Waals surface area contributed by atoms with Crippen LogP contribution in [0, 0.1) is 5.92 Å². The number of carbonyl (C=O) groups is 6. The summed E-state index contributed by atoms with van der Waals surface area (Å²) in [6.07, 6.45) is -1.29. The minimum absolute atomic E-state index is 0.177. The van der Waals surface area contributed by atoms with E-state index in [2.05, 4.69) is 28.6 Å². The van der Waals surface area contributed by atoms with Crippen molar-refractivity contribution in [2.24, 2.45) is 17.4 Å². The molecule has 0 radical (unpaired) electrons. The van der Waals surface area contributed by atoms with Crippen molar-refractivity contribution < 1.29 is 39.0 Å². The Bertz CT molecular complexity index is 687. The van der Waals surface area contributed by atoms with Gasteiger partial charge < -0.3 is 37.6 Å². The standard InChI is InChI=1S/C16H27N5O8S/c1-6(2)12(15(27)19-8(16(28)29)4-11(23)24)21-14(26)9(5-30)20-13(25)7(17)3-10(18)22/h6-9,12,30H,3-5,17H2,1-2H3,(H2,18,22)(H,19,27)(H,20,25)(H,21,26)(H,23,24)(H,28,29). The number of amides is 4. The van der Waals surface area contributed by atoms with Gasteiger partial charge in [0.25, 0.3) is 0 Å². The monoisotopic (exact) mass is 449 g/mol. The molecule has 0 spiro atoms. The van der Waals surface area contributed by atoms with E-state index >= 15 is 0 Å². The van der Waals surface area contributed by atoms with E-state index in [1.807, 2.05) is 0 Å². The Kier molecular flexibility index (Phi) is 11.4. The number of nitrogens with two attached hydrogens (primary N) is 2. The number of hydrogen-bond donors (Lipinski definition) is 8. The van der Waals surface area contributed by atoms with Crippen molar-refractivity contribution >= 4 is 48.2 Å². The molecule has 13 nitrogen and oxygen atoms in total. The summed E-state index contributed by atoms with van der Waals surface area (Å²) in [7, 11) is 0. The second-order valence-electron chi connectivity index (χ2n) is 6.75. The van der Waals surface area contributed by atoms with Crippen LogP contribution in [-0.2, 0) is 28.8 Å². The minimum atomic E-state index is -1.69. The van der Waals surface area contributed by atoms with Gasteiger partial charge in [-0.15, -0.1) is 0 Å². The van der Waals surface area contributed by atoms with Crippen LogP contribution in [0.3, 0.4) is 0 Å². The van der Waals surface area contributed by atoms with Crippen LogP contribution >= 0.6 is 12.6 Å². The molecule has 0 bridgehead atoms. The van der Waals surface area contributed by atoms with E-state index in [1.165, 1.54) is 0 Å². The molecule has 4 unspecified atom stereocenters. The van der Waals surface area contributed by atoms with Gasteiger partial charge in [0.1, 0.15) is 18.1 Å². The second-order valence-corrected chi connectivity index (χ2v) is 7.11. The van der Waals surface area contributed by atoms with Crippen LogP contribution in [0.2, 0.25) is 0 Å². The summed E-state index contributed by atoms with van der Waals surface area (Å²) >= 11 is 3.96. The molecule has 0 aliphatic carbocycles. The van der Waals surface area contributed by atoms with Crippen molar-refractivity contribution in [3.05, 3.63) is 0 Å². The summed E-state index contributed by atoms with van der Waals surface area (Å²) in [5.41, 5.74) is 10.5. The van der Waals surface area contributed by atoms with Crippen LogP contribution < -0.4 is 27.4 Å². The van der Waals surface area contributed by atoms with Gasteiger partial charge in [-0.3, -0.25) is 24.0 Å². The fourth-order valence-corrected chi connectivity index (χ4v) is 2.46. The van der Waals surface area contributed by atoms with Crippen LogP contribution in [0.5, 0.6) is 0 Å². The maximum Gasteiger partial charge on any atom is 0.326 e. The quantitative estimate of drug-likeness (QED) is 0.132. The molecular formula is C16H27N5O8S. The molecule has 14 heteroatoms. The number of carboxylic acid groups (broad SMARTS) is 2. The van der Waals surface area contributed by atoms with Gasteiger partial charge in [0.15, 0.2) is 0 Å². The van der Waals surface area contributed by atoms with Crippen LogP contribution in [0.4, 0.5) is 0 Å². The maximum atomic E-state index is 12.5. The molecule has 0 saturated heterocycles. The van der Waals surface area contributed by atoms with E-state index in [9.17, 15) is 28.8 Å². The van der Waals surface area contributed by atoms with E-state index in [4.69, 9.17) is 21.7 Å². The number of nitrogens with one attached hydrogen (secondary N) is 3. The topological polar surface area (TPSA) is 231 Å². The minimum Gasteiger partial charge on any atom is -0.481 e. The van der Waals surface area contributed by atoms with Crippen LogP contribution in [0.15, 0.2) is 0 Å². The predicted octanol–water partition coefficient (Wildman–Crippen LogP) is -3.21. The fourth-order valence-electron chi connectivity index (χ4n) is 2.21. The van der Waals surface area contributed by atoms with Gasteiger partial charge in [-0.2, -0.15) is 12.6 Å². The first-order valence-electron chi connectivity index (χ1n) is 8.80. The van der Waals surface area contributed by atoms with E-state index in [0.717, 1.165) is 0 Å². The van der Waals surface area contributed by atoms with Gasteiger partial charge in [-0.25, -0.2) is 4.79 Å². The van der Waals surface area contributed by atoms with Crippen molar-refractivity contribution in [1.29, 1.82) is 0 Å². The number of rotatable bonds is 13. The molecule has 9 N–H and O–H groups in total.